The molecule has 0 bridgehead atoms. The van der Waals surface area contributed by atoms with Crippen LogP contribution in [0.15, 0.2) is 60.7 Å². The molecule has 1 saturated heterocycles. The van der Waals surface area contributed by atoms with E-state index >= 15 is 0 Å². The number of nitrogens with zero attached hydrogens (tertiary/aromatic N) is 1. The van der Waals surface area contributed by atoms with Crippen LogP contribution in [0.2, 0.25) is 0 Å². The van der Waals surface area contributed by atoms with E-state index in [1.807, 2.05) is 61.5 Å². The van der Waals surface area contributed by atoms with E-state index in [2.05, 4.69) is 0 Å². The minimum atomic E-state index is -3.06. The Labute approximate surface area is 155 Å². The normalized spacial score (nSPS) is 18.9. The van der Waals surface area contributed by atoms with E-state index < -0.39 is 9.84 Å². The third-order valence-electron chi connectivity index (χ3n) is 4.62. The van der Waals surface area contributed by atoms with Crippen molar-refractivity contribution in [3.05, 3.63) is 77.4 Å². The number of amides is 1. The fraction of sp³-hybridized carbons (Fsp3) is 0.286. The van der Waals surface area contributed by atoms with Crippen molar-refractivity contribution >= 4 is 21.8 Å². The van der Waals surface area contributed by atoms with Gasteiger partial charge in [-0.2, -0.15) is 0 Å². The van der Waals surface area contributed by atoms with Gasteiger partial charge in [0.25, 0.3) is 5.91 Å². The van der Waals surface area contributed by atoms with Gasteiger partial charge in [0.1, 0.15) is 0 Å². The Morgan fingerprint density at radius 2 is 1.81 bits per heavy atom. The van der Waals surface area contributed by atoms with Crippen molar-refractivity contribution in [2.24, 2.45) is 0 Å². The van der Waals surface area contributed by atoms with Crippen molar-refractivity contribution in [3.63, 3.8) is 0 Å². The van der Waals surface area contributed by atoms with Gasteiger partial charge in [-0.15, -0.1) is 0 Å². The fourth-order valence-corrected chi connectivity index (χ4v) is 4.88. The van der Waals surface area contributed by atoms with Crippen LogP contribution in [-0.2, 0) is 9.84 Å². The molecule has 4 nitrogen and oxygen atoms in total. The van der Waals surface area contributed by atoms with Crippen LogP contribution in [0.4, 0.5) is 0 Å². The number of hydrogen-bond donors (Lipinski definition) is 0. The van der Waals surface area contributed by atoms with E-state index in [0.29, 0.717) is 18.5 Å². The third kappa shape index (κ3) is 4.61. The van der Waals surface area contributed by atoms with Crippen LogP contribution in [0.25, 0.3) is 6.08 Å². The Kier molecular flexibility index (Phi) is 5.57. The lowest BCUT2D eigenvalue weighted by Crippen LogP contribution is -2.41. The zero-order valence-corrected chi connectivity index (χ0v) is 15.7. The number of rotatable bonds is 5. The number of aryl methyl sites for hydroxylation is 1. The largest absolute Gasteiger partial charge is 0.331 e. The van der Waals surface area contributed by atoms with Crippen LogP contribution in [-0.4, -0.2) is 43.3 Å². The van der Waals surface area contributed by atoms with Crippen LogP contribution in [0.3, 0.4) is 0 Å². The molecule has 0 N–H and O–H groups in total. The number of hydrogen-bond acceptors (Lipinski definition) is 3. The minimum absolute atomic E-state index is 0.0454. The zero-order chi connectivity index (χ0) is 18.6. The summed E-state index contributed by atoms with van der Waals surface area (Å²) in [5, 5.41) is 0. The lowest BCUT2D eigenvalue weighted by atomic mass is 10.1. The summed E-state index contributed by atoms with van der Waals surface area (Å²) in [6.45, 7) is 2.36. The summed E-state index contributed by atoms with van der Waals surface area (Å²) in [7, 11) is -3.06. The molecule has 0 spiro atoms. The van der Waals surface area contributed by atoms with Gasteiger partial charge in [0.15, 0.2) is 9.84 Å². The zero-order valence-electron chi connectivity index (χ0n) is 14.8. The predicted octanol–water partition coefficient (Wildman–Crippen LogP) is 3.34. The molecule has 5 heteroatoms. The molecule has 0 unspecified atom stereocenters. The molecule has 136 valence electrons. The molecule has 2 aromatic rings. The van der Waals surface area contributed by atoms with Gasteiger partial charge in [-0.1, -0.05) is 60.2 Å². The highest BCUT2D eigenvalue weighted by Crippen LogP contribution is 2.20. The molecule has 2 aromatic carbocycles. The molecule has 1 aliphatic heterocycles. The van der Waals surface area contributed by atoms with E-state index in [0.717, 1.165) is 11.1 Å². The van der Waals surface area contributed by atoms with Crippen molar-refractivity contribution in [2.45, 2.75) is 19.4 Å². The van der Waals surface area contributed by atoms with Crippen LogP contribution in [0.5, 0.6) is 0 Å². The van der Waals surface area contributed by atoms with E-state index in [9.17, 15) is 13.2 Å². The summed E-state index contributed by atoms with van der Waals surface area (Å²) in [6.07, 6.45) is 4.38. The molecule has 1 amide bonds. The number of sulfone groups is 1. The Balaban J connectivity index is 1.80. The second-order valence-electron chi connectivity index (χ2n) is 6.69. The van der Waals surface area contributed by atoms with Crippen LogP contribution in [0.1, 0.15) is 27.9 Å². The molecule has 1 aliphatic rings. The van der Waals surface area contributed by atoms with E-state index in [1.54, 1.807) is 17.0 Å². The molecular weight excluding hydrogens is 346 g/mol. The molecular formula is C21H23NO3S. The van der Waals surface area contributed by atoms with Gasteiger partial charge in [-0.3, -0.25) is 4.79 Å². The van der Waals surface area contributed by atoms with Crippen molar-refractivity contribution in [2.75, 3.05) is 18.1 Å². The molecule has 1 fully saturated rings. The summed E-state index contributed by atoms with van der Waals surface area (Å²) in [4.78, 5) is 14.7. The van der Waals surface area contributed by atoms with E-state index in [1.165, 1.54) is 0 Å². The Morgan fingerprint density at radius 1 is 1.12 bits per heavy atom. The predicted molar refractivity (Wildman–Crippen MR) is 105 cm³/mol. The van der Waals surface area contributed by atoms with Gasteiger partial charge in [-0.05, 0) is 31.0 Å². The molecule has 0 radical (unpaired) electrons. The number of carbonyl (C=O) groups excluding carboxylic acids is 1. The SMILES string of the molecule is Cc1ccc(C(=O)N(C/C=C/c2ccccc2)[C@H]2CCS(=O)(=O)C2)cc1. The van der Waals surface area contributed by atoms with Gasteiger partial charge in [0.05, 0.1) is 11.5 Å². The Morgan fingerprint density at radius 3 is 2.42 bits per heavy atom. The maximum Gasteiger partial charge on any atom is 0.254 e. The smallest absolute Gasteiger partial charge is 0.254 e. The van der Waals surface area contributed by atoms with Crippen LogP contribution < -0.4 is 0 Å². The molecule has 1 heterocycles. The maximum absolute atomic E-state index is 13.0. The average Bonchev–Trinajstić information content (AvgIpc) is 2.99. The van der Waals surface area contributed by atoms with Crippen molar-refractivity contribution in [1.29, 1.82) is 0 Å². The number of carbonyl (C=O) groups is 1. The van der Waals surface area contributed by atoms with E-state index in [4.69, 9.17) is 0 Å². The summed E-state index contributed by atoms with van der Waals surface area (Å²) < 4.78 is 23.8. The fourth-order valence-electron chi connectivity index (χ4n) is 3.15. The van der Waals surface area contributed by atoms with Crippen LogP contribution >= 0.6 is 0 Å². The van der Waals surface area contributed by atoms with Crippen LogP contribution in [0, 0.1) is 6.92 Å². The topological polar surface area (TPSA) is 54.5 Å². The summed E-state index contributed by atoms with van der Waals surface area (Å²) in [6, 6.07) is 17.0. The second kappa shape index (κ2) is 7.87. The summed E-state index contributed by atoms with van der Waals surface area (Å²) in [5.74, 6) is 0.0754. The lowest BCUT2D eigenvalue weighted by molar-refractivity contribution is 0.0721. The molecule has 1 atom stereocenters. The first-order chi connectivity index (χ1) is 12.4. The minimum Gasteiger partial charge on any atom is -0.331 e. The van der Waals surface area contributed by atoms with Crippen molar-refractivity contribution in [3.8, 4) is 0 Å². The molecule has 0 aliphatic carbocycles. The summed E-state index contributed by atoms with van der Waals surface area (Å²) in [5.41, 5.74) is 2.72. The molecule has 26 heavy (non-hydrogen) atoms. The van der Waals surface area contributed by atoms with Crippen molar-refractivity contribution in [1.82, 2.24) is 4.90 Å². The first kappa shape index (κ1) is 18.4. The standard InChI is InChI=1S/C21H23NO3S/c1-17-9-11-19(12-10-17)21(23)22(20-13-15-26(24,25)16-20)14-5-8-18-6-3-2-4-7-18/h2-12,20H,13-16H2,1H3/b8-5+/t20-/m0/s1. The average molecular weight is 369 g/mol. The highest BCUT2D eigenvalue weighted by molar-refractivity contribution is 7.91. The Hall–Kier alpha value is -2.40. The summed E-state index contributed by atoms with van der Waals surface area (Å²) >= 11 is 0. The number of benzene rings is 2. The van der Waals surface area contributed by atoms with Gasteiger partial charge >= 0.3 is 0 Å². The molecule has 0 aromatic heterocycles. The highest BCUT2D eigenvalue weighted by Gasteiger charge is 2.34. The third-order valence-corrected chi connectivity index (χ3v) is 6.37. The molecule has 3 rings (SSSR count). The Bertz CT molecular complexity index is 887. The highest BCUT2D eigenvalue weighted by atomic mass is 32.2. The monoisotopic (exact) mass is 369 g/mol. The van der Waals surface area contributed by atoms with Crippen molar-refractivity contribution < 1.29 is 13.2 Å². The van der Waals surface area contributed by atoms with Gasteiger partial charge < -0.3 is 4.90 Å². The van der Waals surface area contributed by atoms with E-state index in [-0.39, 0.29) is 23.5 Å². The van der Waals surface area contributed by atoms with Gasteiger partial charge in [0.2, 0.25) is 0 Å². The second-order valence-corrected chi connectivity index (χ2v) is 8.92. The first-order valence-electron chi connectivity index (χ1n) is 8.74. The quantitative estimate of drug-likeness (QED) is 0.812. The maximum atomic E-state index is 13.0. The first-order valence-corrected chi connectivity index (χ1v) is 10.6. The lowest BCUT2D eigenvalue weighted by Gasteiger charge is -2.27. The van der Waals surface area contributed by atoms with Gasteiger partial charge in [-0.25, -0.2) is 8.42 Å². The van der Waals surface area contributed by atoms with Gasteiger partial charge in [0, 0.05) is 18.2 Å². The molecule has 0 saturated carbocycles.